The number of aliphatic hydroxyl groups excluding tert-OH is 2. The maximum absolute atomic E-state index is 9.43. The lowest BCUT2D eigenvalue weighted by Crippen LogP contribution is -2.43. The highest BCUT2D eigenvalue weighted by Crippen LogP contribution is 2.24. The van der Waals surface area contributed by atoms with E-state index in [0.717, 1.165) is 19.4 Å². The second-order valence-corrected chi connectivity index (χ2v) is 4.41. The Kier molecular flexibility index (Phi) is 8.84. The Labute approximate surface area is 99.0 Å². The molecule has 16 heavy (non-hydrogen) atoms. The fraction of sp³-hybridized carbons (Fsp3) is 1.00. The molecule has 3 N–H and O–H groups in total. The van der Waals surface area contributed by atoms with Crippen LogP contribution in [0.1, 0.15) is 33.1 Å². The minimum absolute atomic E-state index is 0.0402. The highest BCUT2D eigenvalue weighted by molar-refractivity contribution is 4.80. The molecule has 0 bridgehead atoms. The standard InChI is InChI=1S/C12H27NO3/c1-4-12(5-2,10-15)9-13-11(6-7-14)8-16-3/h11,13-15H,4-10H2,1-3H3. The summed E-state index contributed by atoms with van der Waals surface area (Å²) in [6.45, 7) is 5.91. The largest absolute Gasteiger partial charge is 0.396 e. The van der Waals surface area contributed by atoms with Gasteiger partial charge in [0.2, 0.25) is 0 Å². The van der Waals surface area contributed by atoms with E-state index in [1.165, 1.54) is 0 Å². The van der Waals surface area contributed by atoms with Gasteiger partial charge in [-0.05, 0) is 19.3 Å². The first-order valence-corrected chi connectivity index (χ1v) is 6.12. The quantitative estimate of drug-likeness (QED) is 0.521. The van der Waals surface area contributed by atoms with Crippen LogP contribution < -0.4 is 5.32 Å². The van der Waals surface area contributed by atoms with E-state index in [1.807, 2.05) is 0 Å². The zero-order chi connectivity index (χ0) is 12.4. The van der Waals surface area contributed by atoms with Gasteiger partial charge < -0.3 is 20.3 Å². The summed E-state index contributed by atoms with van der Waals surface area (Å²) in [6, 6.07) is 0.166. The number of ether oxygens (including phenoxy) is 1. The average molecular weight is 233 g/mol. The molecule has 0 fully saturated rings. The Hall–Kier alpha value is -0.160. The van der Waals surface area contributed by atoms with Gasteiger partial charge in [-0.1, -0.05) is 13.8 Å². The van der Waals surface area contributed by atoms with E-state index in [-0.39, 0.29) is 24.7 Å². The van der Waals surface area contributed by atoms with Gasteiger partial charge in [0.1, 0.15) is 0 Å². The van der Waals surface area contributed by atoms with E-state index in [9.17, 15) is 5.11 Å². The van der Waals surface area contributed by atoms with Gasteiger partial charge in [-0.2, -0.15) is 0 Å². The molecule has 4 nitrogen and oxygen atoms in total. The Morgan fingerprint density at radius 2 is 1.88 bits per heavy atom. The molecule has 0 saturated carbocycles. The van der Waals surface area contributed by atoms with Crippen LogP contribution in [0.3, 0.4) is 0 Å². The molecule has 0 aliphatic carbocycles. The number of aliphatic hydroxyl groups is 2. The number of hydrogen-bond donors (Lipinski definition) is 3. The first-order valence-electron chi connectivity index (χ1n) is 6.12. The molecule has 4 heteroatoms. The van der Waals surface area contributed by atoms with Crippen LogP contribution in [0.15, 0.2) is 0 Å². The van der Waals surface area contributed by atoms with Crippen molar-refractivity contribution in [2.75, 3.05) is 33.5 Å². The number of hydrogen-bond acceptors (Lipinski definition) is 4. The first-order chi connectivity index (χ1) is 7.67. The van der Waals surface area contributed by atoms with Gasteiger partial charge in [-0.3, -0.25) is 0 Å². The monoisotopic (exact) mass is 233 g/mol. The number of nitrogens with one attached hydrogen (secondary N) is 1. The lowest BCUT2D eigenvalue weighted by Gasteiger charge is -2.31. The maximum atomic E-state index is 9.43. The van der Waals surface area contributed by atoms with E-state index in [1.54, 1.807) is 7.11 Å². The summed E-state index contributed by atoms with van der Waals surface area (Å²) in [6.07, 6.45) is 2.58. The number of methoxy groups -OCH3 is 1. The second kappa shape index (κ2) is 8.93. The third kappa shape index (κ3) is 5.25. The normalized spacial score (nSPS) is 14.1. The van der Waals surface area contributed by atoms with Gasteiger partial charge in [-0.25, -0.2) is 0 Å². The van der Waals surface area contributed by atoms with E-state index in [4.69, 9.17) is 9.84 Å². The molecular weight excluding hydrogens is 206 g/mol. The molecular formula is C12H27NO3. The molecule has 0 spiro atoms. The Bertz CT molecular complexity index is 146. The second-order valence-electron chi connectivity index (χ2n) is 4.41. The fourth-order valence-electron chi connectivity index (χ4n) is 1.74. The zero-order valence-electron chi connectivity index (χ0n) is 10.8. The molecule has 0 aliphatic rings. The minimum Gasteiger partial charge on any atom is -0.396 e. The summed E-state index contributed by atoms with van der Waals surface area (Å²) < 4.78 is 5.09. The minimum atomic E-state index is -0.0402. The lowest BCUT2D eigenvalue weighted by molar-refractivity contribution is 0.0944. The average Bonchev–Trinajstić information content (AvgIpc) is 2.32. The molecule has 0 rings (SSSR count). The summed E-state index contributed by atoms with van der Waals surface area (Å²) in [7, 11) is 1.66. The van der Waals surface area contributed by atoms with Crippen molar-refractivity contribution in [3.8, 4) is 0 Å². The van der Waals surface area contributed by atoms with Gasteiger partial charge >= 0.3 is 0 Å². The molecule has 1 unspecified atom stereocenters. The van der Waals surface area contributed by atoms with Crippen LogP contribution in [0.2, 0.25) is 0 Å². The van der Waals surface area contributed by atoms with Gasteiger partial charge in [0.25, 0.3) is 0 Å². The summed E-state index contributed by atoms with van der Waals surface area (Å²) >= 11 is 0. The Morgan fingerprint density at radius 3 is 2.25 bits per heavy atom. The van der Waals surface area contributed by atoms with Crippen LogP contribution in [0.5, 0.6) is 0 Å². The maximum Gasteiger partial charge on any atom is 0.0616 e. The zero-order valence-corrected chi connectivity index (χ0v) is 10.8. The molecule has 1 atom stereocenters. The molecule has 0 aliphatic heterocycles. The van der Waals surface area contributed by atoms with E-state index >= 15 is 0 Å². The van der Waals surface area contributed by atoms with Gasteiger partial charge in [0, 0.05) is 38.3 Å². The van der Waals surface area contributed by atoms with Crippen molar-refractivity contribution in [2.45, 2.75) is 39.2 Å². The predicted octanol–water partition coefficient (Wildman–Crippen LogP) is 0.772. The van der Waals surface area contributed by atoms with Crippen LogP contribution in [0.25, 0.3) is 0 Å². The van der Waals surface area contributed by atoms with Crippen molar-refractivity contribution in [3.63, 3.8) is 0 Å². The van der Waals surface area contributed by atoms with E-state index < -0.39 is 0 Å². The Balaban J connectivity index is 4.13. The van der Waals surface area contributed by atoms with E-state index in [0.29, 0.717) is 13.0 Å². The smallest absolute Gasteiger partial charge is 0.0616 e. The van der Waals surface area contributed by atoms with Crippen molar-refractivity contribution >= 4 is 0 Å². The van der Waals surface area contributed by atoms with Gasteiger partial charge in [-0.15, -0.1) is 0 Å². The SMILES string of the molecule is CCC(CC)(CO)CNC(CCO)COC. The van der Waals surface area contributed by atoms with Crippen LogP contribution in [-0.4, -0.2) is 49.7 Å². The van der Waals surface area contributed by atoms with Crippen molar-refractivity contribution in [1.29, 1.82) is 0 Å². The highest BCUT2D eigenvalue weighted by atomic mass is 16.5. The van der Waals surface area contributed by atoms with Crippen molar-refractivity contribution in [3.05, 3.63) is 0 Å². The highest BCUT2D eigenvalue weighted by Gasteiger charge is 2.25. The molecule has 98 valence electrons. The lowest BCUT2D eigenvalue weighted by atomic mass is 9.83. The summed E-state index contributed by atoms with van der Waals surface area (Å²) in [5.41, 5.74) is -0.0402. The van der Waals surface area contributed by atoms with Crippen LogP contribution >= 0.6 is 0 Å². The number of rotatable bonds is 10. The molecule has 0 aromatic carbocycles. The van der Waals surface area contributed by atoms with Crippen LogP contribution in [0.4, 0.5) is 0 Å². The summed E-state index contributed by atoms with van der Waals surface area (Å²) in [5.74, 6) is 0. The molecule has 0 saturated heterocycles. The third-order valence-corrected chi connectivity index (χ3v) is 3.45. The molecule has 0 amide bonds. The predicted molar refractivity (Wildman–Crippen MR) is 65.5 cm³/mol. The third-order valence-electron chi connectivity index (χ3n) is 3.45. The van der Waals surface area contributed by atoms with Crippen LogP contribution in [-0.2, 0) is 4.74 Å². The van der Waals surface area contributed by atoms with Crippen molar-refractivity contribution in [1.82, 2.24) is 5.32 Å². The first kappa shape index (κ1) is 15.8. The van der Waals surface area contributed by atoms with E-state index in [2.05, 4.69) is 19.2 Å². The Morgan fingerprint density at radius 1 is 1.25 bits per heavy atom. The topological polar surface area (TPSA) is 61.7 Å². The van der Waals surface area contributed by atoms with Crippen molar-refractivity contribution in [2.24, 2.45) is 5.41 Å². The molecule has 0 aromatic heterocycles. The molecule has 0 aromatic rings. The van der Waals surface area contributed by atoms with Gasteiger partial charge in [0.05, 0.1) is 6.61 Å². The molecule has 0 heterocycles. The van der Waals surface area contributed by atoms with Gasteiger partial charge in [0.15, 0.2) is 0 Å². The summed E-state index contributed by atoms with van der Waals surface area (Å²) in [4.78, 5) is 0. The fourth-order valence-corrected chi connectivity index (χ4v) is 1.74. The molecule has 0 radical (unpaired) electrons. The summed E-state index contributed by atoms with van der Waals surface area (Å²) in [5, 5.41) is 21.7. The van der Waals surface area contributed by atoms with Crippen LogP contribution in [0, 0.1) is 5.41 Å². The van der Waals surface area contributed by atoms with Crippen molar-refractivity contribution < 1.29 is 14.9 Å².